The predicted molar refractivity (Wildman–Crippen MR) is 95.6 cm³/mol. The summed E-state index contributed by atoms with van der Waals surface area (Å²) in [6.45, 7) is 4.70. The summed E-state index contributed by atoms with van der Waals surface area (Å²) in [5.41, 5.74) is 2.54. The molecule has 0 saturated heterocycles. The molecule has 2 N–H and O–H groups in total. The molecule has 6 heteroatoms. The van der Waals surface area contributed by atoms with Crippen LogP contribution in [0.2, 0.25) is 0 Å². The highest BCUT2D eigenvalue weighted by atomic mass is 32.1. The quantitative estimate of drug-likeness (QED) is 0.875. The van der Waals surface area contributed by atoms with E-state index in [9.17, 15) is 9.59 Å². The Morgan fingerprint density at radius 3 is 2.75 bits per heavy atom. The van der Waals surface area contributed by atoms with Gasteiger partial charge in [-0.1, -0.05) is 24.6 Å². The summed E-state index contributed by atoms with van der Waals surface area (Å²) < 4.78 is 0. The third-order valence-corrected chi connectivity index (χ3v) is 5.16. The smallest absolute Gasteiger partial charge is 0.257 e. The number of aryl methyl sites for hydroxylation is 2. The number of thiazole rings is 1. The van der Waals surface area contributed by atoms with Crippen LogP contribution < -0.4 is 10.6 Å². The van der Waals surface area contributed by atoms with Crippen molar-refractivity contribution in [3.63, 3.8) is 0 Å². The van der Waals surface area contributed by atoms with E-state index in [1.54, 1.807) is 12.1 Å². The van der Waals surface area contributed by atoms with Gasteiger partial charge >= 0.3 is 0 Å². The van der Waals surface area contributed by atoms with Gasteiger partial charge in [-0.3, -0.25) is 14.9 Å². The molecular weight excluding hydrogens is 322 g/mol. The van der Waals surface area contributed by atoms with Gasteiger partial charge in [-0.2, -0.15) is 0 Å². The molecule has 0 spiro atoms. The maximum Gasteiger partial charge on any atom is 0.257 e. The van der Waals surface area contributed by atoms with Crippen molar-refractivity contribution in [1.29, 1.82) is 0 Å². The summed E-state index contributed by atoms with van der Waals surface area (Å²) in [5.74, 6) is -0.320. The molecule has 3 rings (SSSR count). The third kappa shape index (κ3) is 3.48. The molecule has 2 amide bonds. The van der Waals surface area contributed by atoms with Gasteiger partial charge in [0.25, 0.3) is 5.91 Å². The molecule has 0 fully saturated rings. The Morgan fingerprint density at radius 1 is 1.29 bits per heavy atom. The lowest BCUT2D eigenvalue weighted by molar-refractivity contribution is -0.122. The maximum absolute atomic E-state index is 12.3. The predicted octanol–water partition coefficient (Wildman–Crippen LogP) is 3.26. The number of nitrogens with zero attached hydrogens (tertiary/aromatic N) is 1. The Kier molecular flexibility index (Phi) is 4.94. The average molecular weight is 343 g/mol. The van der Waals surface area contributed by atoms with Gasteiger partial charge in [-0.15, -0.1) is 11.3 Å². The number of amides is 2. The molecule has 0 saturated carbocycles. The summed E-state index contributed by atoms with van der Waals surface area (Å²) >= 11 is 1.47. The lowest BCUT2D eigenvalue weighted by atomic mass is 10.1. The first-order valence-electron chi connectivity index (χ1n) is 8.23. The van der Waals surface area contributed by atoms with E-state index in [1.165, 1.54) is 11.3 Å². The Balaban J connectivity index is 1.70. The van der Waals surface area contributed by atoms with Gasteiger partial charge in [0.15, 0.2) is 5.13 Å². The Morgan fingerprint density at radius 2 is 2.04 bits per heavy atom. The van der Waals surface area contributed by atoms with Crippen molar-refractivity contribution >= 4 is 28.3 Å². The third-order valence-electron chi connectivity index (χ3n) is 4.12. The molecule has 1 aromatic heterocycles. The molecule has 0 aliphatic heterocycles. The van der Waals surface area contributed by atoms with E-state index in [2.05, 4.69) is 15.6 Å². The van der Waals surface area contributed by atoms with Crippen LogP contribution in [-0.2, 0) is 11.2 Å². The van der Waals surface area contributed by atoms with Gasteiger partial charge in [-0.05, 0) is 38.3 Å². The minimum Gasteiger partial charge on any atom is -0.356 e. The Labute approximate surface area is 145 Å². The van der Waals surface area contributed by atoms with E-state index in [1.807, 2.05) is 26.0 Å². The molecule has 1 aliphatic rings. The molecule has 24 heavy (non-hydrogen) atoms. The van der Waals surface area contributed by atoms with Crippen LogP contribution in [0.1, 0.15) is 52.2 Å². The lowest BCUT2D eigenvalue weighted by Gasteiger charge is -2.09. The number of carbonyl (C=O) groups is 2. The molecule has 1 aromatic carbocycles. The highest BCUT2D eigenvalue weighted by Crippen LogP contribution is 2.38. The Bertz CT molecular complexity index is 752. The summed E-state index contributed by atoms with van der Waals surface area (Å²) in [5, 5.41) is 6.35. The van der Waals surface area contributed by atoms with Crippen molar-refractivity contribution in [2.75, 3.05) is 11.9 Å². The minimum absolute atomic E-state index is 0.0392. The van der Waals surface area contributed by atoms with Crippen LogP contribution in [0, 0.1) is 6.92 Å². The maximum atomic E-state index is 12.3. The summed E-state index contributed by atoms with van der Waals surface area (Å²) in [4.78, 5) is 30.1. The molecule has 1 atom stereocenters. The monoisotopic (exact) mass is 343 g/mol. The number of hydrogen-bond donors (Lipinski definition) is 2. The molecule has 2 aromatic rings. The van der Waals surface area contributed by atoms with Crippen LogP contribution in [0.25, 0.3) is 0 Å². The highest BCUT2D eigenvalue weighted by Gasteiger charge is 2.32. The van der Waals surface area contributed by atoms with Crippen LogP contribution in [0.5, 0.6) is 0 Å². The second-order valence-corrected chi connectivity index (χ2v) is 7.11. The molecule has 0 radical (unpaired) electrons. The van der Waals surface area contributed by atoms with Gasteiger partial charge in [0.2, 0.25) is 5.91 Å². The lowest BCUT2D eigenvalue weighted by Crippen LogP contribution is -2.29. The zero-order chi connectivity index (χ0) is 17.1. The van der Waals surface area contributed by atoms with Crippen molar-refractivity contribution in [1.82, 2.24) is 10.3 Å². The zero-order valence-corrected chi connectivity index (χ0v) is 14.7. The number of hydrogen-bond acceptors (Lipinski definition) is 4. The van der Waals surface area contributed by atoms with Crippen LogP contribution in [0.4, 0.5) is 5.13 Å². The van der Waals surface area contributed by atoms with Crippen molar-refractivity contribution < 1.29 is 9.59 Å². The number of anilines is 1. The first kappa shape index (κ1) is 16.6. The normalized spacial score (nSPS) is 15.8. The van der Waals surface area contributed by atoms with Gasteiger partial charge in [-0.25, -0.2) is 4.98 Å². The fourth-order valence-electron chi connectivity index (χ4n) is 2.78. The van der Waals surface area contributed by atoms with Gasteiger partial charge in [0, 0.05) is 17.0 Å². The van der Waals surface area contributed by atoms with Gasteiger partial charge < -0.3 is 5.32 Å². The van der Waals surface area contributed by atoms with Crippen molar-refractivity contribution in [3.8, 4) is 0 Å². The zero-order valence-electron chi connectivity index (χ0n) is 13.9. The summed E-state index contributed by atoms with van der Waals surface area (Å²) in [6, 6.07) is 7.41. The number of rotatable bonds is 5. The fraction of sp³-hybridized carbons (Fsp3) is 0.389. The highest BCUT2D eigenvalue weighted by molar-refractivity contribution is 7.16. The fourth-order valence-corrected chi connectivity index (χ4v) is 3.81. The molecule has 5 nitrogen and oxygen atoms in total. The van der Waals surface area contributed by atoms with Crippen molar-refractivity contribution in [2.45, 2.75) is 39.0 Å². The van der Waals surface area contributed by atoms with Gasteiger partial charge in [0.1, 0.15) is 0 Å². The van der Waals surface area contributed by atoms with Crippen LogP contribution >= 0.6 is 11.3 Å². The number of nitrogens with one attached hydrogen (secondary N) is 2. The number of aromatic nitrogens is 1. The van der Waals surface area contributed by atoms with E-state index in [0.717, 1.165) is 35.4 Å². The molecular formula is C18H21N3O2S. The molecule has 126 valence electrons. The largest absolute Gasteiger partial charge is 0.356 e. The van der Waals surface area contributed by atoms with E-state index < -0.39 is 0 Å². The van der Waals surface area contributed by atoms with Crippen LogP contribution in [-0.4, -0.2) is 23.3 Å². The van der Waals surface area contributed by atoms with Crippen molar-refractivity contribution in [2.24, 2.45) is 0 Å². The molecule has 1 unspecified atom stereocenters. The molecule has 0 bridgehead atoms. The summed E-state index contributed by atoms with van der Waals surface area (Å²) in [6.07, 6.45) is 2.56. The molecule has 1 heterocycles. The van der Waals surface area contributed by atoms with Gasteiger partial charge in [0.05, 0.1) is 11.6 Å². The second kappa shape index (κ2) is 7.13. The SMILES string of the molecule is CCCNC(=O)C1CCc2sc(NC(=O)c3ccc(C)cc3)nc21. The minimum atomic E-state index is -0.187. The Hall–Kier alpha value is -2.21. The number of carbonyl (C=O) groups excluding carboxylic acids is 2. The average Bonchev–Trinajstić information content (AvgIpc) is 3.13. The molecule has 1 aliphatic carbocycles. The topological polar surface area (TPSA) is 71.1 Å². The van der Waals surface area contributed by atoms with E-state index in [-0.39, 0.29) is 17.7 Å². The van der Waals surface area contributed by atoms with Crippen LogP contribution in [0.15, 0.2) is 24.3 Å². The van der Waals surface area contributed by atoms with E-state index >= 15 is 0 Å². The summed E-state index contributed by atoms with van der Waals surface area (Å²) in [7, 11) is 0. The number of benzene rings is 1. The van der Waals surface area contributed by atoms with E-state index in [0.29, 0.717) is 17.2 Å². The first-order chi connectivity index (χ1) is 11.6. The number of fused-ring (bicyclic) bond motifs is 1. The van der Waals surface area contributed by atoms with Crippen LogP contribution in [0.3, 0.4) is 0 Å². The first-order valence-corrected chi connectivity index (χ1v) is 9.05. The van der Waals surface area contributed by atoms with Crippen molar-refractivity contribution in [3.05, 3.63) is 46.0 Å². The standard InChI is InChI=1S/C18H21N3O2S/c1-3-10-19-17(23)13-8-9-14-15(13)20-18(24-14)21-16(22)12-6-4-11(2)5-7-12/h4-7,13H,3,8-10H2,1-2H3,(H,19,23)(H,20,21,22). The van der Waals surface area contributed by atoms with E-state index in [4.69, 9.17) is 0 Å². The second-order valence-electron chi connectivity index (χ2n) is 6.03.